The van der Waals surface area contributed by atoms with Crippen molar-refractivity contribution >= 4 is 34.5 Å². The van der Waals surface area contributed by atoms with Crippen molar-refractivity contribution in [3.63, 3.8) is 0 Å². The molecule has 0 atom stereocenters. The van der Waals surface area contributed by atoms with Crippen molar-refractivity contribution in [2.24, 2.45) is 0 Å². The first kappa shape index (κ1) is 23.6. The van der Waals surface area contributed by atoms with Crippen LogP contribution in [0.2, 0.25) is 0 Å². The van der Waals surface area contributed by atoms with Crippen molar-refractivity contribution in [2.45, 2.75) is 13.1 Å². The highest BCUT2D eigenvalue weighted by Crippen LogP contribution is 2.33. The molecular formula is C30H23N5O2S. The zero-order valence-corrected chi connectivity index (χ0v) is 21.1. The highest BCUT2D eigenvalue weighted by molar-refractivity contribution is 7.13. The molecule has 7 nitrogen and oxygen atoms in total. The summed E-state index contributed by atoms with van der Waals surface area (Å²) in [7, 11) is 0. The fraction of sp³-hybridized carbons (Fsp3) is 0.0667. The number of thiophene rings is 1. The Morgan fingerprint density at radius 3 is 2.50 bits per heavy atom. The third-order valence-corrected chi connectivity index (χ3v) is 7.53. The third-order valence-electron chi connectivity index (χ3n) is 6.61. The largest absolute Gasteiger partial charge is 0.397 e. The molecule has 5 aromatic rings. The fourth-order valence-corrected chi connectivity index (χ4v) is 5.39. The van der Waals surface area contributed by atoms with Gasteiger partial charge in [0.05, 0.1) is 11.4 Å². The molecular weight excluding hydrogens is 494 g/mol. The van der Waals surface area contributed by atoms with Crippen LogP contribution in [-0.4, -0.2) is 26.7 Å². The molecule has 0 aliphatic carbocycles. The van der Waals surface area contributed by atoms with E-state index in [1.807, 2.05) is 64.9 Å². The maximum Gasteiger partial charge on any atom is 0.255 e. The van der Waals surface area contributed by atoms with Crippen molar-refractivity contribution < 1.29 is 9.59 Å². The summed E-state index contributed by atoms with van der Waals surface area (Å²) >= 11 is 1.63. The molecule has 1 aliphatic heterocycles. The lowest BCUT2D eigenvalue weighted by Crippen LogP contribution is -2.23. The molecule has 3 N–H and O–H groups in total. The van der Waals surface area contributed by atoms with Gasteiger partial charge >= 0.3 is 0 Å². The lowest BCUT2D eigenvalue weighted by atomic mass is 9.99. The van der Waals surface area contributed by atoms with Crippen LogP contribution in [0.5, 0.6) is 0 Å². The molecule has 8 heteroatoms. The number of rotatable bonds is 6. The number of nitrogens with zero attached hydrogens (tertiary/aromatic N) is 3. The van der Waals surface area contributed by atoms with Gasteiger partial charge in [-0.25, -0.2) is 9.97 Å². The summed E-state index contributed by atoms with van der Waals surface area (Å²) in [6.07, 6.45) is 5.00. The maximum absolute atomic E-state index is 13.1. The van der Waals surface area contributed by atoms with Crippen molar-refractivity contribution in [3.05, 3.63) is 119 Å². The van der Waals surface area contributed by atoms with E-state index in [2.05, 4.69) is 15.3 Å². The minimum absolute atomic E-state index is 0.0124. The fourth-order valence-electron chi connectivity index (χ4n) is 4.66. The SMILES string of the molecule is Nc1ccc(-c2cccs2)cc1NC(=O)c1ccc(CN2Cc3c(cccc3-c3cncnc3)C2=O)cc1. The third kappa shape index (κ3) is 4.53. The molecule has 38 heavy (non-hydrogen) atoms. The Labute approximate surface area is 223 Å². The van der Waals surface area contributed by atoms with Gasteiger partial charge in [-0.1, -0.05) is 36.4 Å². The summed E-state index contributed by atoms with van der Waals surface area (Å²) in [4.78, 5) is 37.2. The zero-order chi connectivity index (χ0) is 26.1. The average molecular weight is 518 g/mol. The highest BCUT2D eigenvalue weighted by atomic mass is 32.1. The van der Waals surface area contributed by atoms with Gasteiger partial charge in [0.15, 0.2) is 0 Å². The number of carbonyl (C=O) groups is 2. The number of nitrogen functional groups attached to an aromatic ring is 1. The van der Waals surface area contributed by atoms with E-state index >= 15 is 0 Å². The van der Waals surface area contributed by atoms with Gasteiger partial charge in [0.1, 0.15) is 6.33 Å². The van der Waals surface area contributed by atoms with Gasteiger partial charge in [-0.05, 0) is 64.0 Å². The number of aromatic nitrogens is 2. The minimum Gasteiger partial charge on any atom is -0.397 e. The number of fused-ring (bicyclic) bond motifs is 1. The van der Waals surface area contributed by atoms with Gasteiger partial charge in [0.25, 0.3) is 11.8 Å². The zero-order valence-electron chi connectivity index (χ0n) is 20.3. The van der Waals surface area contributed by atoms with Crippen LogP contribution in [0.4, 0.5) is 11.4 Å². The first-order valence-electron chi connectivity index (χ1n) is 12.1. The van der Waals surface area contributed by atoms with E-state index in [0.29, 0.717) is 35.6 Å². The summed E-state index contributed by atoms with van der Waals surface area (Å²) in [5.74, 6) is -0.257. The standard InChI is InChI=1S/C30H23N5O2S/c31-26-11-10-21(28-5-2-12-38-28)13-27(26)34-29(36)20-8-6-19(7-9-20)16-35-17-25-23(22-14-32-18-33-15-22)3-1-4-24(25)30(35)37/h1-15,18H,16-17,31H2,(H,34,36). The second-order valence-electron chi connectivity index (χ2n) is 9.05. The molecule has 3 aromatic carbocycles. The lowest BCUT2D eigenvalue weighted by molar-refractivity contribution is 0.0766. The van der Waals surface area contributed by atoms with Gasteiger partial charge in [0.2, 0.25) is 0 Å². The predicted octanol–water partition coefficient (Wildman–Crippen LogP) is 5.86. The van der Waals surface area contributed by atoms with E-state index in [1.54, 1.807) is 41.9 Å². The quantitative estimate of drug-likeness (QED) is 0.275. The Balaban J connectivity index is 1.15. The number of nitrogens with two attached hydrogens (primary N) is 1. The first-order chi connectivity index (χ1) is 18.6. The second kappa shape index (κ2) is 9.91. The van der Waals surface area contributed by atoms with E-state index in [-0.39, 0.29) is 11.8 Å². The number of anilines is 2. The van der Waals surface area contributed by atoms with E-state index < -0.39 is 0 Å². The van der Waals surface area contributed by atoms with Crippen molar-refractivity contribution in [3.8, 4) is 21.6 Å². The lowest BCUT2D eigenvalue weighted by Gasteiger charge is -2.16. The number of amides is 2. The highest BCUT2D eigenvalue weighted by Gasteiger charge is 2.29. The molecule has 6 rings (SSSR count). The van der Waals surface area contributed by atoms with Gasteiger partial charge < -0.3 is 16.0 Å². The van der Waals surface area contributed by atoms with Crippen LogP contribution in [0.3, 0.4) is 0 Å². The summed E-state index contributed by atoms with van der Waals surface area (Å²) in [5.41, 5.74) is 13.2. The summed E-state index contributed by atoms with van der Waals surface area (Å²) in [5, 5.41) is 4.94. The van der Waals surface area contributed by atoms with Crippen molar-refractivity contribution in [1.82, 2.24) is 14.9 Å². The van der Waals surface area contributed by atoms with Crippen LogP contribution in [0, 0.1) is 0 Å². The second-order valence-corrected chi connectivity index (χ2v) is 10.00. The van der Waals surface area contributed by atoms with Crippen LogP contribution < -0.4 is 11.1 Å². The Kier molecular flexibility index (Phi) is 6.15. The van der Waals surface area contributed by atoms with Crippen LogP contribution in [0.15, 0.2) is 96.9 Å². The first-order valence-corrected chi connectivity index (χ1v) is 12.9. The molecule has 2 amide bonds. The molecule has 0 saturated heterocycles. The van der Waals surface area contributed by atoms with Gasteiger partial charge in [-0.15, -0.1) is 11.3 Å². The maximum atomic E-state index is 13.1. The number of hydrogen-bond donors (Lipinski definition) is 2. The topological polar surface area (TPSA) is 101 Å². The van der Waals surface area contributed by atoms with Gasteiger partial charge in [-0.2, -0.15) is 0 Å². The molecule has 0 fully saturated rings. The van der Waals surface area contributed by atoms with Gasteiger partial charge in [0, 0.05) is 47.1 Å². The van der Waals surface area contributed by atoms with Crippen LogP contribution in [0.25, 0.3) is 21.6 Å². The molecule has 3 heterocycles. The number of nitrogens with one attached hydrogen (secondary N) is 1. The summed E-state index contributed by atoms with van der Waals surface area (Å²) in [6.45, 7) is 0.942. The minimum atomic E-state index is -0.244. The van der Waals surface area contributed by atoms with Crippen LogP contribution in [-0.2, 0) is 13.1 Å². The van der Waals surface area contributed by atoms with Crippen molar-refractivity contribution in [1.29, 1.82) is 0 Å². The monoisotopic (exact) mass is 517 g/mol. The van der Waals surface area contributed by atoms with Crippen LogP contribution in [0.1, 0.15) is 31.8 Å². The van der Waals surface area contributed by atoms with E-state index in [1.165, 1.54) is 6.33 Å². The number of hydrogen-bond acceptors (Lipinski definition) is 6. The Bertz CT molecular complexity index is 1630. The van der Waals surface area contributed by atoms with Gasteiger partial charge in [-0.3, -0.25) is 9.59 Å². The molecule has 0 bridgehead atoms. The summed E-state index contributed by atoms with van der Waals surface area (Å²) in [6, 6.07) is 22.7. The predicted molar refractivity (Wildman–Crippen MR) is 150 cm³/mol. The molecule has 0 saturated carbocycles. The molecule has 0 spiro atoms. The molecule has 0 unspecified atom stereocenters. The average Bonchev–Trinajstić information content (AvgIpc) is 3.60. The van der Waals surface area contributed by atoms with Crippen molar-refractivity contribution in [2.75, 3.05) is 11.1 Å². The van der Waals surface area contributed by atoms with E-state index in [9.17, 15) is 9.59 Å². The van der Waals surface area contributed by atoms with E-state index in [0.717, 1.165) is 32.7 Å². The Morgan fingerprint density at radius 1 is 0.947 bits per heavy atom. The molecule has 186 valence electrons. The van der Waals surface area contributed by atoms with E-state index in [4.69, 9.17) is 5.73 Å². The molecule has 2 aromatic heterocycles. The number of carbonyl (C=O) groups excluding carboxylic acids is 2. The smallest absolute Gasteiger partial charge is 0.255 e. The molecule has 1 aliphatic rings. The normalized spacial score (nSPS) is 12.4. The molecule has 0 radical (unpaired) electrons. The Hall–Kier alpha value is -4.82. The Morgan fingerprint density at radius 2 is 1.74 bits per heavy atom. The number of benzene rings is 3. The summed E-state index contributed by atoms with van der Waals surface area (Å²) < 4.78 is 0. The van der Waals surface area contributed by atoms with Crippen LogP contribution >= 0.6 is 11.3 Å².